The maximum Gasteiger partial charge on any atom is 0.192 e. The van der Waals surface area contributed by atoms with Crippen LogP contribution < -0.4 is 0 Å². The predicted octanol–water partition coefficient (Wildman–Crippen LogP) is 11.8. The standard InChI is InChI=1S/C30H57Cl5O2Si/c1-7-8-9-10-15-18-21-25(31)27(33)28(36)26(32)22-19-16-13-11-12-14-17-20-23-30(34,35)24-37-38(5,6)29(2,3)4/h19,22,25-28,36H,7-18,20-21,23-24H2,1-6H3/b22-19-/t25-,26+,27+,28-/m0/s1. The molecule has 0 fully saturated rings. The van der Waals surface area contributed by atoms with Crippen molar-refractivity contribution >= 4 is 66.3 Å². The number of aliphatic hydroxyl groups is 1. The topological polar surface area (TPSA) is 29.5 Å². The molecule has 0 aliphatic heterocycles. The molecule has 0 saturated heterocycles. The van der Waals surface area contributed by atoms with Crippen molar-refractivity contribution < 1.29 is 9.53 Å². The first kappa shape index (κ1) is 39.3. The second-order valence-corrected chi connectivity index (χ2v) is 20.5. The van der Waals surface area contributed by atoms with Crippen LogP contribution in [0, 0.1) is 0 Å². The van der Waals surface area contributed by atoms with Gasteiger partial charge in [0.05, 0.1) is 28.8 Å². The van der Waals surface area contributed by atoms with Crippen molar-refractivity contribution in [3.63, 3.8) is 0 Å². The molecule has 1 N–H and O–H groups in total. The molecule has 0 bridgehead atoms. The number of alkyl halides is 5. The molecule has 0 amide bonds. The van der Waals surface area contributed by atoms with E-state index in [1.807, 2.05) is 6.08 Å². The normalized spacial score (nSPS) is 16.6. The number of halogens is 5. The van der Waals surface area contributed by atoms with Crippen molar-refractivity contribution in [1.82, 2.24) is 0 Å². The molecule has 0 aliphatic rings. The maximum atomic E-state index is 10.5. The molecular weight excluding hydrogens is 598 g/mol. The number of allylic oxidation sites excluding steroid dienone is 1. The van der Waals surface area contributed by atoms with Crippen molar-refractivity contribution in [2.24, 2.45) is 0 Å². The summed E-state index contributed by atoms with van der Waals surface area (Å²) in [5.74, 6) is 0. The van der Waals surface area contributed by atoms with Crippen molar-refractivity contribution in [2.75, 3.05) is 6.61 Å². The van der Waals surface area contributed by atoms with Crippen LogP contribution in [0.5, 0.6) is 0 Å². The Kier molecular flexibility index (Phi) is 21.8. The zero-order valence-corrected chi connectivity index (χ0v) is 29.8. The average molecular weight is 655 g/mol. The van der Waals surface area contributed by atoms with E-state index in [1.54, 1.807) is 0 Å². The van der Waals surface area contributed by atoms with Crippen LogP contribution in [0.25, 0.3) is 0 Å². The van der Waals surface area contributed by atoms with E-state index in [1.165, 1.54) is 51.4 Å². The highest BCUT2D eigenvalue weighted by molar-refractivity contribution is 6.74. The Morgan fingerprint density at radius 1 is 0.816 bits per heavy atom. The van der Waals surface area contributed by atoms with Crippen molar-refractivity contribution in [1.29, 1.82) is 0 Å². The molecule has 2 nitrogen and oxygen atoms in total. The zero-order chi connectivity index (χ0) is 29.2. The summed E-state index contributed by atoms with van der Waals surface area (Å²) in [4.78, 5) is 0. The lowest BCUT2D eigenvalue weighted by atomic mass is 10.0. The van der Waals surface area contributed by atoms with E-state index in [-0.39, 0.29) is 10.4 Å². The van der Waals surface area contributed by atoms with Crippen LogP contribution >= 0.6 is 58.0 Å². The molecule has 0 spiro atoms. The second-order valence-electron chi connectivity index (χ2n) is 12.4. The lowest BCUT2D eigenvalue weighted by molar-refractivity contribution is 0.172. The van der Waals surface area contributed by atoms with Crippen LogP contribution in [-0.2, 0) is 4.43 Å². The van der Waals surface area contributed by atoms with Gasteiger partial charge in [0.15, 0.2) is 8.32 Å². The third-order valence-electron chi connectivity index (χ3n) is 7.77. The van der Waals surface area contributed by atoms with E-state index in [4.69, 9.17) is 62.4 Å². The Morgan fingerprint density at radius 3 is 1.92 bits per heavy atom. The van der Waals surface area contributed by atoms with Crippen LogP contribution in [0.1, 0.15) is 124 Å². The first-order valence-electron chi connectivity index (χ1n) is 14.9. The van der Waals surface area contributed by atoms with Gasteiger partial charge < -0.3 is 9.53 Å². The molecule has 0 aromatic heterocycles. The van der Waals surface area contributed by atoms with Gasteiger partial charge in [-0.15, -0.1) is 34.8 Å². The monoisotopic (exact) mass is 652 g/mol. The average Bonchev–Trinajstić information content (AvgIpc) is 2.84. The lowest BCUT2D eigenvalue weighted by Crippen LogP contribution is -2.43. The Morgan fingerprint density at radius 2 is 1.34 bits per heavy atom. The fraction of sp³-hybridized carbons (Fsp3) is 0.933. The maximum absolute atomic E-state index is 10.5. The van der Waals surface area contributed by atoms with Gasteiger partial charge in [-0.25, -0.2) is 0 Å². The minimum absolute atomic E-state index is 0.156. The zero-order valence-electron chi connectivity index (χ0n) is 25.0. The summed E-state index contributed by atoms with van der Waals surface area (Å²) in [5.41, 5.74) is 0. The smallest absolute Gasteiger partial charge is 0.192 e. The number of unbranched alkanes of at least 4 members (excludes halogenated alkanes) is 11. The number of aliphatic hydroxyl groups excluding tert-OH is 1. The number of hydrogen-bond donors (Lipinski definition) is 1. The van der Waals surface area contributed by atoms with Gasteiger partial charge in [0.2, 0.25) is 0 Å². The van der Waals surface area contributed by atoms with Crippen LogP contribution in [0.3, 0.4) is 0 Å². The summed E-state index contributed by atoms with van der Waals surface area (Å²) in [6.45, 7) is 13.7. The molecule has 8 heteroatoms. The Bertz CT molecular complexity index is 610. The molecule has 0 radical (unpaired) electrons. The molecule has 38 heavy (non-hydrogen) atoms. The van der Waals surface area contributed by atoms with E-state index < -0.39 is 29.5 Å². The van der Waals surface area contributed by atoms with Gasteiger partial charge in [-0.3, -0.25) is 0 Å². The van der Waals surface area contributed by atoms with Crippen LogP contribution in [0.4, 0.5) is 0 Å². The Hall–Kier alpha value is 1.33. The summed E-state index contributed by atoms with van der Waals surface area (Å²) >= 11 is 32.3. The molecule has 0 aromatic rings. The Balaban J connectivity index is 3.95. The molecular formula is C30H57Cl5O2Si. The fourth-order valence-corrected chi connectivity index (χ4v) is 6.46. The van der Waals surface area contributed by atoms with E-state index in [0.29, 0.717) is 6.61 Å². The molecule has 0 unspecified atom stereocenters. The van der Waals surface area contributed by atoms with Crippen LogP contribution in [0.15, 0.2) is 12.2 Å². The highest BCUT2D eigenvalue weighted by atomic mass is 35.5. The third-order valence-corrected chi connectivity index (χ3v) is 14.4. The fourth-order valence-electron chi connectivity index (χ4n) is 3.94. The largest absolute Gasteiger partial charge is 0.414 e. The van der Waals surface area contributed by atoms with Gasteiger partial charge in [-0.2, -0.15) is 0 Å². The summed E-state index contributed by atoms with van der Waals surface area (Å²) in [6, 6.07) is 0. The molecule has 0 aromatic carbocycles. The van der Waals surface area contributed by atoms with Crippen LogP contribution in [0.2, 0.25) is 18.1 Å². The first-order chi connectivity index (χ1) is 17.6. The van der Waals surface area contributed by atoms with Crippen molar-refractivity contribution in [3.8, 4) is 0 Å². The van der Waals surface area contributed by atoms with Crippen LogP contribution in [-0.4, -0.2) is 46.6 Å². The molecule has 0 rings (SSSR count). The van der Waals surface area contributed by atoms with Crippen molar-refractivity contribution in [2.45, 2.75) is 169 Å². The summed E-state index contributed by atoms with van der Waals surface area (Å²) in [7, 11) is -1.83. The van der Waals surface area contributed by atoms with Gasteiger partial charge in [-0.05, 0) is 43.8 Å². The molecule has 4 atom stereocenters. The minimum Gasteiger partial charge on any atom is -0.414 e. The lowest BCUT2D eigenvalue weighted by Gasteiger charge is -2.37. The highest BCUT2D eigenvalue weighted by Gasteiger charge is 2.39. The van der Waals surface area contributed by atoms with Gasteiger partial charge in [0.1, 0.15) is 4.33 Å². The second kappa shape index (κ2) is 21.1. The predicted molar refractivity (Wildman–Crippen MR) is 177 cm³/mol. The summed E-state index contributed by atoms with van der Waals surface area (Å²) in [5, 5.41) is 9.32. The molecule has 0 heterocycles. The van der Waals surface area contributed by atoms with E-state index in [9.17, 15) is 5.11 Å². The van der Waals surface area contributed by atoms with Crippen molar-refractivity contribution in [3.05, 3.63) is 12.2 Å². The molecule has 0 aliphatic carbocycles. The highest BCUT2D eigenvalue weighted by Crippen LogP contribution is 2.39. The third kappa shape index (κ3) is 18.7. The minimum atomic E-state index is -1.83. The van der Waals surface area contributed by atoms with Gasteiger partial charge in [-0.1, -0.05) is 134 Å². The van der Waals surface area contributed by atoms with E-state index in [0.717, 1.165) is 44.9 Å². The van der Waals surface area contributed by atoms with E-state index in [2.05, 4.69) is 46.9 Å². The summed E-state index contributed by atoms with van der Waals surface area (Å²) in [6.07, 6.45) is 19.6. The quantitative estimate of drug-likeness (QED) is 0.0514. The van der Waals surface area contributed by atoms with Gasteiger partial charge >= 0.3 is 0 Å². The van der Waals surface area contributed by atoms with Gasteiger partial charge in [0.25, 0.3) is 0 Å². The van der Waals surface area contributed by atoms with E-state index >= 15 is 0 Å². The Labute approximate surface area is 262 Å². The first-order valence-corrected chi connectivity index (χ1v) is 19.9. The van der Waals surface area contributed by atoms with Gasteiger partial charge in [0, 0.05) is 0 Å². The molecule has 0 saturated carbocycles. The SMILES string of the molecule is CCCCCCCC[C@H](Cl)[C@@H](Cl)[C@@H](O)[C@H](Cl)/C=C\CCCCCCCCC(Cl)(Cl)CO[Si](C)(C)C(C)(C)C. The molecule has 228 valence electrons. The number of rotatable bonds is 23. The number of hydrogen-bond acceptors (Lipinski definition) is 2. The summed E-state index contributed by atoms with van der Waals surface area (Å²) < 4.78 is 5.41.